The van der Waals surface area contributed by atoms with Crippen LogP contribution in [0.25, 0.3) is 11.4 Å². The monoisotopic (exact) mass is 210 g/mol. The molecule has 78 valence electrons. The summed E-state index contributed by atoms with van der Waals surface area (Å²) < 4.78 is 0. The first-order valence-electron chi connectivity index (χ1n) is 4.81. The van der Waals surface area contributed by atoms with Gasteiger partial charge in [-0.05, 0) is 13.0 Å². The van der Waals surface area contributed by atoms with Crippen molar-refractivity contribution in [3.8, 4) is 17.5 Å². The lowest BCUT2D eigenvalue weighted by molar-refractivity contribution is 1.15. The van der Waals surface area contributed by atoms with Gasteiger partial charge in [0, 0.05) is 11.6 Å². The van der Waals surface area contributed by atoms with Crippen molar-refractivity contribution in [3.63, 3.8) is 0 Å². The molecule has 2 N–H and O–H groups in total. The molecular formula is C12H10N4. The van der Waals surface area contributed by atoms with Crippen LogP contribution < -0.4 is 5.73 Å². The minimum atomic E-state index is 0.281. The Morgan fingerprint density at radius 3 is 2.75 bits per heavy atom. The second kappa shape index (κ2) is 3.99. The Hall–Kier alpha value is -2.41. The second-order valence-electron chi connectivity index (χ2n) is 3.48. The van der Waals surface area contributed by atoms with Crippen molar-refractivity contribution >= 4 is 5.82 Å². The fraction of sp³-hybridized carbons (Fsp3) is 0.0833. The molecule has 0 radical (unpaired) electrons. The molecule has 4 nitrogen and oxygen atoms in total. The summed E-state index contributed by atoms with van der Waals surface area (Å²) in [6.45, 7) is 1.99. The maximum atomic E-state index is 8.79. The topological polar surface area (TPSA) is 75.6 Å². The molecule has 0 bridgehead atoms. The van der Waals surface area contributed by atoms with Crippen molar-refractivity contribution in [2.24, 2.45) is 0 Å². The lowest BCUT2D eigenvalue weighted by atomic mass is 10.1. The Balaban J connectivity index is 2.56. The first-order valence-corrected chi connectivity index (χ1v) is 4.81. The first kappa shape index (κ1) is 10.1. The second-order valence-corrected chi connectivity index (χ2v) is 3.48. The number of hydrogen-bond donors (Lipinski definition) is 1. The summed E-state index contributed by atoms with van der Waals surface area (Å²) in [6, 6.07) is 11.2. The highest BCUT2D eigenvalue weighted by Crippen LogP contribution is 2.17. The molecule has 0 unspecified atom stereocenters. The highest BCUT2D eigenvalue weighted by molar-refractivity contribution is 5.58. The standard InChI is InChI=1S/C12H10N4/c1-8-3-2-4-9(5-8)12-15-10(7-13)6-11(14)16-12/h2-6H,1H3,(H2,14,15,16). The lowest BCUT2D eigenvalue weighted by Gasteiger charge is -2.02. The van der Waals surface area contributed by atoms with Crippen LogP contribution in [0.5, 0.6) is 0 Å². The van der Waals surface area contributed by atoms with Crippen molar-refractivity contribution in [3.05, 3.63) is 41.6 Å². The molecule has 0 saturated carbocycles. The zero-order valence-electron chi connectivity index (χ0n) is 8.81. The van der Waals surface area contributed by atoms with Crippen LogP contribution in [0.15, 0.2) is 30.3 Å². The van der Waals surface area contributed by atoms with E-state index in [0.717, 1.165) is 11.1 Å². The molecule has 1 aromatic carbocycles. The fourth-order valence-electron chi connectivity index (χ4n) is 1.44. The minimum absolute atomic E-state index is 0.281. The van der Waals surface area contributed by atoms with Crippen molar-refractivity contribution in [2.45, 2.75) is 6.92 Å². The van der Waals surface area contributed by atoms with Gasteiger partial charge < -0.3 is 5.73 Å². The molecule has 0 saturated heterocycles. The summed E-state index contributed by atoms with van der Waals surface area (Å²) in [7, 11) is 0. The van der Waals surface area contributed by atoms with Crippen molar-refractivity contribution in [1.29, 1.82) is 5.26 Å². The summed E-state index contributed by atoms with van der Waals surface area (Å²) in [4.78, 5) is 8.22. The van der Waals surface area contributed by atoms with E-state index in [-0.39, 0.29) is 5.69 Å². The van der Waals surface area contributed by atoms with Gasteiger partial charge in [0.05, 0.1) is 0 Å². The van der Waals surface area contributed by atoms with E-state index in [0.29, 0.717) is 11.6 Å². The van der Waals surface area contributed by atoms with Crippen LogP contribution in [0.3, 0.4) is 0 Å². The molecule has 4 heteroatoms. The third-order valence-corrected chi connectivity index (χ3v) is 2.14. The van der Waals surface area contributed by atoms with Crippen LogP contribution in [0.4, 0.5) is 5.82 Å². The van der Waals surface area contributed by atoms with Crippen LogP contribution in [-0.4, -0.2) is 9.97 Å². The molecule has 1 heterocycles. The smallest absolute Gasteiger partial charge is 0.162 e. The van der Waals surface area contributed by atoms with Gasteiger partial charge in [0.25, 0.3) is 0 Å². The van der Waals surface area contributed by atoms with Gasteiger partial charge in [-0.3, -0.25) is 0 Å². The summed E-state index contributed by atoms with van der Waals surface area (Å²) >= 11 is 0. The van der Waals surface area contributed by atoms with Crippen molar-refractivity contribution in [2.75, 3.05) is 5.73 Å². The van der Waals surface area contributed by atoms with Crippen molar-refractivity contribution < 1.29 is 0 Å². The maximum Gasteiger partial charge on any atom is 0.162 e. The van der Waals surface area contributed by atoms with Gasteiger partial charge >= 0.3 is 0 Å². The largest absolute Gasteiger partial charge is 0.384 e. The number of hydrogen-bond acceptors (Lipinski definition) is 4. The van der Waals surface area contributed by atoms with E-state index >= 15 is 0 Å². The molecule has 2 rings (SSSR count). The summed E-state index contributed by atoms with van der Waals surface area (Å²) in [5, 5.41) is 8.79. The normalized spacial score (nSPS) is 9.75. The molecule has 0 fully saturated rings. The van der Waals surface area contributed by atoms with Gasteiger partial charge in [0.15, 0.2) is 5.82 Å². The van der Waals surface area contributed by atoms with Gasteiger partial charge in [-0.15, -0.1) is 0 Å². The molecule has 0 atom stereocenters. The summed E-state index contributed by atoms with van der Waals surface area (Å²) in [5.41, 5.74) is 7.87. The number of nitrogens with zero attached hydrogens (tertiary/aromatic N) is 3. The van der Waals surface area contributed by atoms with Crippen molar-refractivity contribution in [1.82, 2.24) is 9.97 Å². The molecule has 0 aliphatic carbocycles. The third-order valence-electron chi connectivity index (χ3n) is 2.14. The van der Waals surface area contributed by atoms with E-state index in [1.165, 1.54) is 6.07 Å². The van der Waals surface area contributed by atoms with Crippen LogP contribution in [-0.2, 0) is 0 Å². The Labute approximate surface area is 93.4 Å². The number of nitrogens with two attached hydrogens (primary N) is 1. The number of aromatic nitrogens is 2. The van der Waals surface area contributed by atoms with Gasteiger partial charge in [0.2, 0.25) is 0 Å². The average molecular weight is 210 g/mol. The Morgan fingerprint density at radius 2 is 2.06 bits per heavy atom. The van der Waals surface area contributed by atoms with E-state index in [9.17, 15) is 0 Å². The molecular weight excluding hydrogens is 200 g/mol. The predicted molar refractivity (Wildman–Crippen MR) is 61.3 cm³/mol. The number of anilines is 1. The van der Waals surface area contributed by atoms with E-state index in [2.05, 4.69) is 9.97 Å². The molecule has 0 aliphatic rings. The van der Waals surface area contributed by atoms with Gasteiger partial charge in [0.1, 0.15) is 17.6 Å². The molecule has 0 spiro atoms. The predicted octanol–water partition coefficient (Wildman–Crippen LogP) is 1.91. The molecule has 0 aliphatic heterocycles. The maximum absolute atomic E-state index is 8.79. The minimum Gasteiger partial charge on any atom is -0.384 e. The van der Waals surface area contributed by atoms with Crippen LogP contribution in [0, 0.1) is 18.3 Å². The molecule has 1 aromatic heterocycles. The number of nitrogen functional groups attached to an aromatic ring is 1. The number of nitriles is 1. The van der Waals surface area contributed by atoms with E-state index in [1.807, 2.05) is 37.3 Å². The lowest BCUT2D eigenvalue weighted by Crippen LogP contribution is -1.98. The highest BCUT2D eigenvalue weighted by atomic mass is 14.9. The first-order chi connectivity index (χ1) is 7.69. The Kier molecular flexibility index (Phi) is 2.52. The quantitative estimate of drug-likeness (QED) is 0.780. The Bertz CT molecular complexity index is 569. The molecule has 2 aromatic rings. The fourth-order valence-corrected chi connectivity index (χ4v) is 1.44. The van der Waals surface area contributed by atoms with Crippen LogP contribution >= 0.6 is 0 Å². The van der Waals surface area contributed by atoms with Crippen LogP contribution in [0.2, 0.25) is 0 Å². The van der Waals surface area contributed by atoms with Gasteiger partial charge in [-0.2, -0.15) is 5.26 Å². The molecule has 16 heavy (non-hydrogen) atoms. The summed E-state index contributed by atoms with van der Waals surface area (Å²) in [5.74, 6) is 0.795. The number of benzene rings is 1. The SMILES string of the molecule is Cc1cccc(-c2nc(N)cc(C#N)n2)c1. The summed E-state index contributed by atoms with van der Waals surface area (Å²) in [6.07, 6.45) is 0. The average Bonchev–Trinajstić information content (AvgIpc) is 2.28. The van der Waals surface area contributed by atoms with Gasteiger partial charge in [-0.25, -0.2) is 9.97 Å². The van der Waals surface area contributed by atoms with E-state index < -0.39 is 0 Å². The number of aryl methyl sites for hydroxylation is 1. The van der Waals surface area contributed by atoms with Crippen LogP contribution in [0.1, 0.15) is 11.3 Å². The zero-order valence-corrected chi connectivity index (χ0v) is 8.81. The molecule has 0 amide bonds. The van der Waals surface area contributed by atoms with E-state index in [4.69, 9.17) is 11.0 Å². The van der Waals surface area contributed by atoms with E-state index in [1.54, 1.807) is 0 Å². The number of rotatable bonds is 1. The zero-order chi connectivity index (χ0) is 11.5. The highest BCUT2D eigenvalue weighted by Gasteiger charge is 2.04. The third kappa shape index (κ3) is 1.98. The Morgan fingerprint density at radius 1 is 1.25 bits per heavy atom. The van der Waals surface area contributed by atoms with Gasteiger partial charge in [-0.1, -0.05) is 23.8 Å².